The number of anilines is 3. The van der Waals surface area contributed by atoms with Gasteiger partial charge in [-0.05, 0) is 75.2 Å². The van der Waals surface area contributed by atoms with Crippen molar-refractivity contribution in [3.8, 4) is 0 Å². The number of carbonyl (C=O) groups is 1. The van der Waals surface area contributed by atoms with Crippen LogP contribution >= 0.6 is 0 Å². The molecule has 1 aliphatic rings. The molecule has 4 rings (SSSR count). The predicted molar refractivity (Wildman–Crippen MR) is 135 cm³/mol. The minimum absolute atomic E-state index is 0.0161. The van der Waals surface area contributed by atoms with Crippen molar-refractivity contribution in [2.45, 2.75) is 37.6 Å². The molecule has 3 aromatic rings. The van der Waals surface area contributed by atoms with Crippen LogP contribution in [-0.4, -0.2) is 42.7 Å². The Bertz CT molecular complexity index is 1190. The summed E-state index contributed by atoms with van der Waals surface area (Å²) in [5.41, 5.74) is 2.78. The maximum Gasteiger partial charge on any atom is 0.244 e. The molecule has 1 amide bonds. The fraction of sp³-hybridized carbons (Fsp3) is 0.308. The van der Waals surface area contributed by atoms with Crippen LogP contribution in [-0.2, 0) is 14.8 Å². The summed E-state index contributed by atoms with van der Waals surface area (Å²) >= 11 is 0. The van der Waals surface area contributed by atoms with E-state index in [4.69, 9.17) is 0 Å². The molecule has 1 aliphatic heterocycles. The molecule has 7 nitrogen and oxygen atoms in total. The van der Waals surface area contributed by atoms with Crippen molar-refractivity contribution in [2.75, 3.05) is 23.3 Å². The number of para-hydroxylation sites is 1. The first-order valence-corrected chi connectivity index (χ1v) is 13.0. The van der Waals surface area contributed by atoms with Gasteiger partial charge < -0.3 is 10.2 Å². The van der Waals surface area contributed by atoms with Crippen LogP contribution in [0, 0.1) is 5.92 Å². The lowest BCUT2D eigenvalue weighted by Crippen LogP contribution is -2.46. The van der Waals surface area contributed by atoms with E-state index in [1.54, 1.807) is 18.3 Å². The number of sulfonamides is 1. The highest BCUT2D eigenvalue weighted by Crippen LogP contribution is 2.29. The Balaban J connectivity index is 1.43. The van der Waals surface area contributed by atoms with Gasteiger partial charge in [-0.25, -0.2) is 8.42 Å². The quantitative estimate of drug-likeness (QED) is 0.534. The molecule has 0 unspecified atom stereocenters. The van der Waals surface area contributed by atoms with Crippen LogP contribution in [0.3, 0.4) is 0 Å². The standard InChI is InChI=1S/C26H30N4O3S/c1-20(2)30(24-12-10-23(11-13-24)28-22-7-4-3-5-8-22)26(31)21-14-17-29(18-15-21)34(32,33)25-9-6-16-27-19-25/h3-13,16,19-21,28H,14-15,17-18H2,1-2H3. The fourth-order valence-corrected chi connectivity index (χ4v) is 5.70. The topological polar surface area (TPSA) is 82.6 Å². The van der Waals surface area contributed by atoms with Crippen molar-refractivity contribution in [2.24, 2.45) is 5.92 Å². The first kappa shape index (κ1) is 23.9. The second kappa shape index (κ2) is 10.4. The molecule has 178 valence electrons. The van der Waals surface area contributed by atoms with Crippen molar-refractivity contribution < 1.29 is 13.2 Å². The summed E-state index contributed by atoms with van der Waals surface area (Å²) in [5, 5.41) is 3.35. The van der Waals surface area contributed by atoms with Gasteiger partial charge in [0.05, 0.1) is 0 Å². The van der Waals surface area contributed by atoms with E-state index in [0.717, 1.165) is 17.1 Å². The molecule has 1 aromatic heterocycles. The fourth-order valence-electron chi connectivity index (χ4n) is 4.26. The first-order chi connectivity index (χ1) is 16.4. The van der Waals surface area contributed by atoms with E-state index in [0.29, 0.717) is 25.9 Å². The summed E-state index contributed by atoms with van der Waals surface area (Å²) in [6.45, 7) is 4.63. The van der Waals surface area contributed by atoms with E-state index >= 15 is 0 Å². The smallest absolute Gasteiger partial charge is 0.244 e. The van der Waals surface area contributed by atoms with Gasteiger partial charge in [0.15, 0.2) is 0 Å². The second-order valence-electron chi connectivity index (χ2n) is 8.71. The molecule has 0 saturated carbocycles. The minimum Gasteiger partial charge on any atom is -0.356 e. The number of benzene rings is 2. The molecule has 1 saturated heterocycles. The number of carbonyl (C=O) groups excluding carboxylic acids is 1. The van der Waals surface area contributed by atoms with Gasteiger partial charge >= 0.3 is 0 Å². The number of amides is 1. The zero-order valence-corrected chi connectivity index (χ0v) is 20.3. The van der Waals surface area contributed by atoms with E-state index < -0.39 is 10.0 Å². The highest BCUT2D eigenvalue weighted by molar-refractivity contribution is 7.89. The summed E-state index contributed by atoms with van der Waals surface area (Å²) in [7, 11) is -3.59. The molecule has 34 heavy (non-hydrogen) atoms. The third-order valence-corrected chi connectivity index (χ3v) is 7.92. The SMILES string of the molecule is CC(C)N(C(=O)C1CCN(S(=O)(=O)c2cccnc2)CC1)c1ccc(Nc2ccccc2)cc1. The Morgan fingerprint density at radius 1 is 0.971 bits per heavy atom. The average Bonchev–Trinajstić information content (AvgIpc) is 2.86. The van der Waals surface area contributed by atoms with Gasteiger partial charge in [0.2, 0.25) is 15.9 Å². The normalized spacial score (nSPS) is 15.3. The Kier molecular flexibility index (Phi) is 7.29. The van der Waals surface area contributed by atoms with Crippen LogP contribution < -0.4 is 10.2 Å². The molecule has 2 heterocycles. The van der Waals surface area contributed by atoms with E-state index in [-0.39, 0.29) is 22.8 Å². The highest BCUT2D eigenvalue weighted by atomic mass is 32.2. The van der Waals surface area contributed by atoms with Gasteiger partial charge in [-0.15, -0.1) is 0 Å². The molecule has 0 bridgehead atoms. The monoisotopic (exact) mass is 478 g/mol. The van der Waals surface area contributed by atoms with Crippen molar-refractivity contribution >= 4 is 33.0 Å². The first-order valence-electron chi connectivity index (χ1n) is 11.5. The molecule has 0 radical (unpaired) electrons. The highest BCUT2D eigenvalue weighted by Gasteiger charge is 2.35. The second-order valence-corrected chi connectivity index (χ2v) is 10.6. The molecular weight excluding hydrogens is 448 g/mol. The summed E-state index contributed by atoms with van der Waals surface area (Å²) < 4.78 is 27.2. The summed E-state index contributed by atoms with van der Waals surface area (Å²) in [5.74, 6) is -0.179. The van der Waals surface area contributed by atoms with Crippen molar-refractivity contribution in [3.05, 3.63) is 79.1 Å². The lowest BCUT2D eigenvalue weighted by Gasteiger charge is -2.35. The largest absolute Gasteiger partial charge is 0.356 e. The number of hydrogen-bond acceptors (Lipinski definition) is 5. The Hall–Kier alpha value is -3.23. The number of nitrogens with zero attached hydrogens (tertiary/aromatic N) is 3. The zero-order chi connectivity index (χ0) is 24.1. The van der Waals surface area contributed by atoms with Gasteiger partial charge in [0.25, 0.3) is 0 Å². The number of rotatable bonds is 7. The third-order valence-electron chi connectivity index (χ3n) is 6.04. The lowest BCUT2D eigenvalue weighted by molar-refractivity contribution is -0.123. The molecule has 8 heteroatoms. The maximum absolute atomic E-state index is 13.5. The van der Waals surface area contributed by atoms with Crippen molar-refractivity contribution in [3.63, 3.8) is 0 Å². The molecule has 0 atom stereocenters. The number of nitrogens with one attached hydrogen (secondary N) is 1. The number of pyridine rings is 1. The van der Waals surface area contributed by atoms with Crippen LogP contribution in [0.15, 0.2) is 84.0 Å². The molecule has 2 aromatic carbocycles. The lowest BCUT2D eigenvalue weighted by atomic mass is 9.95. The number of aromatic nitrogens is 1. The average molecular weight is 479 g/mol. The van der Waals surface area contributed by atoms with Crippen LogP contribution in [0.25, 0.3) is 0 Å². The summed E-state index contributed by atoms with van der Waals surface area (Å²) in [6, 6.07) is 20.9. The predicted octanol–water partition coefficient (Wildman–Crippen LogP) is 4.67. The molecule has 1 fully saturated rings. The molecule has 1 N–H and O–H groups in total. The van der Waals surface area contributed by atoms with Crippen molar-refractivity contribution in [1.29, 1.82) is 0 Å². The van der Waals surface area contributed by atoms with Crippen LogP contribution in [0.5, 0.6) is 0 Å². The van der Waals surface area contributed by atoms with Gasteiger partial charge in [-0.1, -0.05) is 18.2 Å². The Morgan fingerprint density at radius 2 is 1.62 bits per heavy atom. The van der Waals surface area contributed by atoms with E-state index in [1.807, 2.05) is 73.3 Å². The summed E-state index contributed by atoms with van der Waals surface area (Å²) in [6.07, 6.45) is 3.91. The van der Waals surface area contributed by atoms with Crippen LogP contribution in [0.1, 0.15) is 26.7 Å². The Labute approximate surface area is 201 Å². The van der Waals surface area contributed by atoms with E-state index in [1.165, 1.54) is 10.5 Å². The van der Waals surface area contributed by atoms with Gasteiger partial charge in [0, 0.05) is 54.5 Å². The van der Waals surface area contributed by atoms with Gasteiger partial charge in [-0.3, -0.25) is 9.78 Å². The Morgan fingerprint density at radius 3 is 2.21 bits per heavy atom. The van der Waals surface area contributed by atoms with Crippen LogP contribution in [0.4, 0.5) is 17.1 Å². The number of hydrogen-bond donors (Lipinski definition) is 1. The minimum atomic E-state index is -3.59. The van der Waals surface area contributed by atoms with Crippen LogP contribution in [0.2, 0.25) is 0 Å². The summed E-state index contributed by atoms with van der Waals surface area (Å²) in [4.78, 5) is 19.4. The molecule has 0 spiro atoms. The van der Waals surface area contributed by atoms with E-state index in [2.05, 4.69) is 10.3 Å². The van der Waals surface area contributed by atoms with Crippen molar-refractivity contribution in [1.82, 2.24) is 9.29 Å². The van der Waals surface area contributed by atoms with Gasteiger partial charge in [-0.2, -0.15) is 4.31 Å². The molecule has 0 aliphatic carbocycles. The maximum atomic E-state index is 13.5. The number of piperidine rings is 1. The third kappa shape index (κ3) is 5.29. The van der Waals surface area contributed by atoms with E-state index in [9.17, 15) is 13.2 Å². The van der Waals surface area contributed by atoms with Gasteiger partial charge in [0.1, 0.15) is 4.90 Å². The molecular formula is C26H30N4O3S. The zero-order valence-electron chi connectivity index (χ0n) is 19.5.